The van der Waals surface area contributed by atoms with Crippen LogP contribution in [0.1, 0.15) is 60.8 Å². The minimum absolute atomic E-state index is 0.0323. The monoisotopic (exact) mass is 528 g/mol. The Morgan fingerprint density at radius 3 is 2.15 bits per heavy atom. The summed E-state index contributed by atoms with van der Waals surface area (Å²) in [6, 6.07) is 8.68. The number of rotatable bonds is 10. The summed E-state index contributed by atoms with van der Waals surface area (Å²) in [7, 11) is -7.32. The molecule has 2 rings (SSSR count). The number of ether oxygens (including phenoxy) is 1. The van der Waals surface area contributed by atoms with E-state index in [1.54, 1.807) is 24.3 Å². The quantitative estimate of drug-likeness (QED) is 0.312. The SMILES string of the molecule is C[C@@H](O[Si](C)(C)C(C)(C)C)[C@]1(C)CC[C@H]([C@](C)(CCS(=O)(=O)c2ccccc2)O[Si](C)(C)C)O1. The molecule has 1 aromatic carbocycles. The maximum Gasteiger partial charge on any atom is 0.192 e. The van der Waals surface area contributed by atoms with Crippen molar-refractivity contribution in [2.45, 2.75) is 127 Å². The summed E-state index contributed by atoms with van der Waals surface area (Å²) in [6.45, 7) is 24.0. The first-order valence-corrected chi connectivity index (χ1v) is 20.5. The van der Waals surface area contributed by atoms with Crippen molar-refractivity contribution < 1.29 is 22.0 Å². The van der Waals surface area contributed by atoms with Gasteiger partial charge < -0.3 is 13.6 Å². The van der Waals surface area contributed by atoms with E-state index in [2.05, 4.69) is 67.4 Å². The molecule has 34 heavy (non-hydrogen) atoms. The standard InChI is InChI=1S/C26H48O5SSi2/c1-21(30-34(10,11)24(2,3)4)25(5)18-17-23(29-25)26(6,31-33(7,8)9)19-20-32(27,28)22-15-13-12-14-16-22/h12-16,21,23H,17-20H2,1-11H3/t21-,23-,25+,26+/m1/s1. The van der Waals surface area contributed by atoms with Crippen LogP contribution in [0.3, 0.4) is 0 Å². The van der Waals surface area contributed by atoms with Crippen LogP contribution in [0.15, 0.2) is 35.2 Å². The number of benzene rings is 1. The number of hydrogen-bond donors (Lipinski definition) is 0. The number of hydrogen-bond acceptors (Lipinski definition) is 5. The molecule has 1 fully saturated rings. The summed E-state index contributed by atoms with van der Waals surface area (Å²) < 4.78 is 46.2. The fourth-order valence-electron chi connectivity index (χ4n) is 4.39. The third-order valence-electron chi connectivity index (χ3n) is 7.64. The zero-order valence-corrected chi connectivity index (χ0v) is 26.1. The lowest BCUT2D eigenvalue weighted by Crippen LogP contribution is -2.53. The van der Waals surface area contributed by atoms with E-state index in [1.165, 1.54) is 0 Å². The fourth-order valence-corrected chi connectivity index (χ4v) is 8.99. The molecule has 0 bridgehead atoms. The first-order chi connectivity index (χ1) is 15.2. The molecule has 0 saturated carbocycles. The first kappa shape index (κ1) is 29.7. The van der Waals surface area contributed by atoms with Gasteiger partial charge in [-0.15, -0.1) is 0 Å². The zero-order chi connectivity index (χ0) is 26.2. The molecule has 0 amide bonds. The lowest BCUT2D eigenvalue weighted by atomic mass is 9.92. The highest BCUT2D eigenvalue weighted by atomic mass is 32.2. The topological polar surface area (TPSA) is 61.8 Å². The molecule has 1 heterocycles. The Bertz CT molecular complexity index is 921. The van der Waals surface area contributed by atoms with Crippen LogP contribution in [0.25, 0.3) is 0 Å². The van der Waals surface area contributed by atoms with Crippen molar-refractivity contribution >= 4 is 26.5 Å². The van der Waals surface area contributed by atoms with Crippen molar-refractivity contribution in [3.05, 3.63) is 30.3 Å². The number of sulfone groups is 1. The Morgan fingerprint density at radius 2 is 1.65 bits per heavy atom. The summed E-state index contributed by atoms with van der Waals surface area (Å²) in [4.78, 5) is 0.360. The second kappa shape index (κ2) is 10.1. The first-order valence-electron chi connectivity index (χ1n) is 12.5. The van der Waals surface area contributed by atoms with Gasteiger partial charge in [0.1, 0.15) is 0 Å². The molecule has 0 aliphatic carbocycles. The van der Waals surface area contributed by atoms with Crippen LogP contribution in [0, 0.1) is 0 Å². The summed E-state index contributed by atoms with van der Waals surface area (Å²) >= 11 is 0. The summed E-state index contributed by atoms with van der Waals surface area (Å²) in [6.07, 6.45) is 1.85. The van der Waals surface area contributed by atoms with Crippen LogP contribution < -0.4 is 0 Å². The van der Waals surface area contributed by atoms with Crippen LogP contribution in [0.4, 0.5) is 0 Å². The zero-order valence-electron chi connectivity index (χ0n) is 23.3. The predicted octanol–water partition coefficient (Wildman–Crippen LogP) is 6.81. The molecule has 1 aliphatic heterocycles. The Hall–Kier alpha value is -0.516. The summed E-state index contributed by atoms with van der Waals surface area (Å²) in [5, 5.41) is 0.122. The smallest absolute Gasteiger partial charge is 0.192 e. The summed E-state index contributed by atoms with van der Waals surface area (Å²) in [5.41, 5.74) is -1.11. The van der Waals surface area contributed by atoms with Gasteiger partial charge in [0.05, 0.1) is 34.1 Å². The lowest BCUT2D eigenvalue weighted by Gasteiger charge is -2.44. The normalized spacial score (nSPS) is 25.2. The Labute approximate surface area is 211 Å². The van der Waals surface area contributed by atoms with E-state index in [4.69, 9.17) is 13.6 Å². The van der Waals surface area contributed by atoms with Gasteiger partial charge in [0, 0.05) is 0 Å². The summed E-state index contributed by atoms with van der Waals surface area (Å²) in [5.74, 6) is 0.0323. The molecule has 1 aromatic rings. The van der Waals surface area contributed by atoms with E-state index in [1.807, 2.05) is 13.0 Å². The molecular formula is C26H48O5SSi2. The fraction of sp³-hybridized carbons (Fsp3) is 0.769. The molecule has 196 valence electrons. The van der Waals surface area contributed by atoms with Crippen molar-refractivity contribution in [3.8, 4) is 0 Å². The molecule has 5 nitrogen and oxygen atoms in total. The Kier molecular flexibility index (Phi) is 8.82. The van der Waals surface area contributed by atoms with Crippen LogP contribution >= 0.6 is 0 Å². The minimum Gasteiger partial charge on any atom is -0.411 e. The van der Waals surface area contributed by atoms with E-state index >= 15 is 0 Å². The Morgan fingerprint density at radius 1 is 1.09 bits per heavy atom. The van der Waals surface area contributed by atoms with Crippen molar-refractivity contribution in [2.75, 3.05) is 5.75 Å². The van der Waals surface area contributed by atoms with E-state index in [0.29, 0.717) is 11.3 Å². The predicted molar refractivity (Wildman–Crippen MR) is 146 cm³/mol. The highest BCUT2D eigenvalue weighted by Gasteiger charge is 2.51. The molecule has 0 radical (unpaired) electrons. The third-order valence-corrected chi connectivity index (χ3v) is 15.0. The Balaban J connectivity index is 2.23. The van der Waals surface area contributed by atoms with E-state index in [9.17, 15) is 8.42 Å². The van der Waals surface area contributed by atoms with Crippen LogP contribution in [-0.2, 0) is 23.4 Å². The van der Waals surface area contributed by atoms with Gasteiger partial charge in [0.15, 0.2) is 26.5 Å². The molecule has 8 heteroatoms. The van der Waals surface area contributed by atoms with Gasteiger partial charge in [-0.05, 0) is 89.9 Å². The third kappa shape index (κ3) is 7.26. The van der Waals surface area contributed by atoms with Gasteiger partial charge in [-0.25, -0.2) is 8.42 Å². The van der Waals surface area contributed by atoms with Crippen LogP contribution in [-0.4, -0.2) is 54.2 Å². The highest BCUT2D eigenvalue weighted by molar-refractivity contribution is 7.91. The van der Waals surface area contributed by atoms with Crippen LogP contribution in [0.2, 0.25) is 37.8 Å². The van der Waals surface area contributed by atoms with Crippen molar-refractivity contribution in [3.63, 3.8) is 0 Å². The maximum absolute atomic E-state index is 13.0. The molecule has 0 unspecified atom stereocenters. The van der Waals surface area contributed by atoms with Crippen molar-refractivity contribution in [1.82, 2.24) is 0 Å². The molecule has 0 spiro atoms. The molecule has 0 N–H and O–H groups in total. The molecular weight excluding hydrogens is 481 g/mol. The van der Waals surface area contributed by atoms with E-state index in [0.717, 1.165) is 12.8 Å². The van der Waals surface area contributed by atoms with Crippen molar-refractivity contribution in [1.29, 1.82) is 0 Å². The lowest BCUT2D eigenvalue weighted by molar-refractivity contribution is -0.146. The second-order valence-electron chi connectivity index (χ2n) is 12.9. The molecule has 1 saturated heterocycles. The van der Waals surface area contributed by atoms with Crippen molar-refractivity contribution in [2.24, 2.45) is 0 Å². The van der Waals surface area contributed by atoms with Gasteiger partial charge in [-0.3, -0.25) is 0 Å². The molecule has 1 aliphatic rings. The maximum atomic E-state index is 13.0. The minimum atomic E-state index is -3.40. The average molecular weight is 529 g/mol. The largest absolute Gasteiger partial charge is 0.411 e. The van der Waals surface area contributed by atoms with E-state index < -0.39 is 37.7 Å². The van der Waals surface area contributed by atoms with Gasteiger partial charge in [0.2, 0.25) is 0 Å². The molecule has 4 atom stereocenters. The van der Waals surface area contributed by atoms with Crippen LogP contribution in [0.5, 0.6) is 0 Å². The van der Waals surface area contributed by atoms with E-state index in [-0.39, 0.29) is 23.0 Å². The van der Waals surface area contributed by atoms with Gasteiger partial charge in [-0.1, -0.05) is 39.0 Å². The second-order valence-corrected chi connectivity index (χ2v) is 24.2. The highest BCUT2D eigenvalue weighted by Crippen LogP contribution is 2.45. The molecule has 0 aromatic heterocycles. The van der Waals surface area contributed by atoms with Gasteiger partial charge in [0.25, 0.3) is 0 Å². The van der Waals surface area contributed by atoms with Gasteiger partial charge in [-0.2, -0.15) is 0 Å². The average Bonchev–Trinajstić information content (AvgIpc) is 3.09. The van der Waals surface area contributed by atoms with Gasteiger partial charge >= 0.3 is 0 Å².